The van der Waals surface area contributed by atoms with Crippen LogP contribution >= 0.6 is 15.9 Å². The fourth-order valence-electron chi connectivity index (χ4n) is 1.82. The van der Waals surface area contributed by atoms with Gasteiger partial charge in [-0.3, -0.25) is 4.79 Å². The summed E-state index contributed by atoms with van der Waals surface area (Å²) in [4.78, 5) is 11.7. The quantitative estimate of drug-likeness (QED) is 0.808. The summed E-state index contributed by atoms with van der Waals surface area (Å²) < 4.78 is 6.03. The predicted octanol–water partition coefficient (Wildman–Crippen LogP) is 2.57. The Balaban J connectivity index is 2.50. The first-order valence-electron chi connectivity index (χ1n) is 6.37. The van der Waals surface area contributed by atoms with E-state index >= 15 is 0 Å². The van der Waals surface area contributed by atoms with Gasteiger partial charge in [-0.15, -0.1) is 0 Å². The standard InChI is InChI=1S/C14H21BrN2O2/c1-4-11-7-12(15)5-6-13(11)16-8-14(18)17-10(2)9-19-3/h5-7,10,16H,4,8-9H2,1-3H3,(H,17,18). The number of hydrogen-bond donors (Lipinski definition) is 2. The van der Waals surface area contributed by atoms with E-state index in [1.54, 1.807) is 7.11 Å². The largest absolute Gasteiger partial charge is 0.383 e. The number of halogens is 1. The smallest absolute Gasteiger partial charge is 0.239 e. The zero-order valence-corrected chi connectivity index (χ0v) is 13.2. The van der Waals surface area contributed by atoms with Crippen molar-refractivity contribution in [3.05, 3.63) is 28.2 Å². The molecular formula is C14H21BrN2O2. The molecule has 1 aromatic rings. The number of ether oxygens (including phenoxy) is 1. The van der Waals surface area contributed by atoms with Crippen LogP contribution in [0.5, 0.6) is 0 Å². The molecule has 19 heavy (non-hydrogen) atoms. The highest BCUT2D eigenvalue weighted by Gasteiger charge is 2.08. The zero-order chi connectivity index (χ0) is 14.3. The minimum absolute atomic E-state index is 0.0230. The van der Waals surface area contributed by atoms with E-state index in [1.807, 2.05) is 19.1 Å². The van der Waals surface area contributed by atoms with Crippen LogP contribution in [0.1, 0.15) is 19.4 Å². The summed E-state index contributed by atoms with van der Waals surface area (Å²) in [6.07, 6.45) is 0.920. The number of rotatable bonds is 7. The van der Waals surface area contributed by atoms with Gasteiger partial charge in [0.25, 0.3) is 0 Å². The molecule has 0 aliphatic heterocycles. The Labute approximate surface area is 123 Å². The third-order valence-electron chi connectivity index (χ3n) is 2.71. The highest BCUT2D eigenvalue weighted by molar-refractivity contribution is 9.10. The van der Waals surface area contributed by atoms with Gasteiger partial charge in [-0.2, -0.15) is 0 Å². The summed E-state index contributed by atoms with van der Waals surface area (Å²) >= 11 is 3.45. The number of methoxy groups -OCH3 is 1. The summed E-state index contributed by atoms with van der Waals surface area (Å²) in [5.74, 6) is -0.0329. The molecule has 0 fully saturated rings. The van der Waals surface area contributed by atoms with Gasteiger partial charge in [0.05, 0.1) is 13.2 Å². The van der Waals surface area contributed by atoms with Crippen LogP contribution in [-0.4, -0.2) is 32.2 Å². The molecule has 0 radical (unpaired) electrons. The molecule has 5 heteroatoms. The summed E-state index contributed by atoms with van der Waals surface area (Å²) in [7, 11) is 1.62. The van der Waals surface area contributed by atoms with Crippen LogP contribution in [0, 0.1) is 0 Å². The first kappa shape index (κ1) is 16.0. The van der Waals surface area contributed by atoms with Crippen LogP contribution in [0.3, 0.4) is 0 Å². The number of aryl methyl sites for hydroxylation is 1. The molecule has 0 saturated carbocycles. The molecule has 0 aliphatic carbocycles. The van der Waals surface area contributed by atoms with Crippen molar-refractivity contribution >= 4 is 27.5 Å². The average molecular weight is 329 g/mol. The van der Waals surface area contributed by atoms with E-state index in [-0.39, 0.29) is 18.5 Å². The minimum Gasteiger partial charge on any atom is -0.383 e. The molecule has 0 aromatic heterocycles. The van der Waals surface area contributed by atoms with Crippen molar-refractivity contribution in [3.8, 4) is 0 Å². The molecule has 2 N–H and O–H groups in total. The molecule has 1 atom stereocenters. The third-order valence-corrected chi connectivity index (χ3v) is 3.20. The Kier molecular flexibility index (Phi) is 6.87. The maximum Gasteiger partial charge on any atom is 0.239 e. The van der Waals surface area contributed by atoms with Gasteiger partial charge < -0.3 is 15.4 Å². The van der Waals surface area contributed by atoms with Gasteiger partial charge in [0.15, 0.2) is 0 Å². The Morgan fingerprint density at radius 2 is 2.21 bits per heavy atom. The molecule has 1 rings (SSSR count). The van der Waals surface area contributed by atoms with Crippen molar-refractivity contribution in [1.29, 1.82) is 0 Å². The van der Waals surface area contributed by atoms with Gasteiger partial charge in [0.2, 0.25) is 5.91 Å². The number of anilines is 1. The van der Waals surface area contributed by atoms with Gasteiger partial charge in [0, 0.05) is 23.3 Å². The highest BCUT2D eigenvalue weighted by atomic mass is 79.9. The van der Waals surface area contributed by atoms with Crippen molar-refractivity contribution in [1.82, 2.24) is 5.32 Å². The lowest BCUT2D eigenvalue weighted by Crippen LogP contribution is -2.39. The van der Waals surface area contributed by atoms with E-state index in [9.17, 15) is 4.79 Å². The number of carbonyl (C=O) groups excluding carboxylic acids is 1. The van der Waals surface area contributed by atoms with Gasteiger partial charge in [0.1, 0.15) is 0 Å². The van der Waals surface area contributed by atoms with Crippen LogP contribution in [0.25, 0.3) is 0 Å². The Morgan fingerprint density at radius 3 is 2.84 bits per heavy atom. The predicted molar refractivity (Wildman–Crippen MR) is 81.5 cm³/mol. The van der Waals surface area contributed by atoms with Crippen molar-refractivity contribution < 1.29 is 9.53 Å². The SMILES string of the molecule is CCc1cc(Br)ccc1NCC(=O)NC(C)COC. The second kappa shape index (κ2) is 8.17. The minimum atomic E-state index is -0.0329. The topological polar surface area (TPSA) is 50.4 Å². The third kappa shape index (κ3) is 5.61. The molecule has 0 spiro atoms. The van der Waals surface area contributed by atoms with Gasteiger partial charge in [-0.05, 0) is 37.1 Å². The lowest BCUT2D eigenvalue weighted by atomic mass is 10.1. The monoisotopic (exact) mass is 328 g/mol. The van der Waals surface area contributed by atoms with Gasteiger partial charge >= 0.3 is 0 Å². The van der Waals surface area contributed by atoms with E-state index < -0.39 is 0 Å². The summed E-state index contributed by atoms with van der Waals surface area (Å²) in [6, 6.07) is 6.03. The van der Waals surface area contributed by atoms with Crippen LogP contribution in [-0.2, 0) is 16.0 Å². The number of hydrogen-bond acceptors (Lipinski definition) is 3. The van der Waals surface area contributed by atoms with Gasteiger partial charge in [-0.25, -0.2) is 0 Å². The van der Waals surface area contributed by atoms with Crippen LogP contribution in [0.15, 0.2) is 22.7 Å². The maximum atomic E-state index is 11.7. The molecule has 4 nitrogen and oxygen atoms in total. The molecule has 1 amide bonds. The summed E-state index contributed by atoms with van der Waals surface area (Å²) in [5.41, 5.74) is 2.19. The number of amides is 1. The van der Waals surface area contributed by atoms with E-state index in [0.29, 0.717) is 6.61 Å². The fourth-order valence-corrected chi connectivity index (χ4v) is 2.23. The van der Waals surface area contributed by atoms with Gasteiger partial charge in [-0.1, -0.05) is 22.9 Å². The zero-order valence-electron chi connectivity index (χ0n) is 11.6. The normalized spacial score (nSPS) is 12.0. The molecule has 0 heterocycles. The summed E-state index contributed by atoms with van der Waals surface area (Å²) in [5, 5.41) is 6.03. The lowest BCUT2D eigenvalue weighted by Gasteiger charge is -2.15. The summed E-state index contributed by atoms with van der Waals surface area (Å²) in [6.45, 7) is 4.79. The van der Waals surface area contributed by atoms with Crippen LogP contribution < -0.4 is 10.6 Å². The van der Waals surface area contributed by atoms with Crippen LogP contribution in [0.2, 0.25) is 0 Å². The molecule has 0 saturated heterocycles. The first-order chi connectivity index (χ1) is 9.06. The number of carbonyl (C=O) groups is 1. The highest BCUT2D eigenvalue weighted by Crippen LogP contribution is 2.21. The molecule has 0 aliphatic rings. The Morgan fingerprint density at radius 1 is 1.47 bits per heavy atom. The molecule has 106 valence electrons. The maximum absolute atomic E-state index is 11.7. The number of benzene rings is 1. The second-order valence-electron chi connectivity index (χ2n) is 4.43. The van der Waals surface area contributed by atoms with E-state index in [1.165, 1.54) is 5.56 Å². The molecular weight excluding hydrogens is 308 g/mol. The van der Waals surface area contributed by atoms with E-state index in [4.69, 9.17) is 4.74 Å². The van der Waals surface area contributed by atoms with Crippen molar-refractivity contribution in [3.63, 3.8) is 0 Å². The Hall–Kier alpha value is -1.07. The Bertz CT molecular complexity index is 424. The van der Waals surface area contributed by atoms with E-state index in [0.717, 1.165) is 16.6 Å². The van der Waals surface area contributed by atoms with Crippen molar-refractivity contribution in [2.45, 2.75) is 26.3 Å². The van der Waals surface area contributed by atoms with Crippen LogP contribution in [0.4, 0.5) is 5.69 Å². The first-order valence-corrected chi connectivity index (χ1v) is 7.16. The fraction of sp³-hybridized carbons (Fsp3) is 0.500. The molecule has 1 aromatic carbocycles. The van der Waals surface area contributed by atoms with Crippen molar-refractivity contribution in [2.24, 2.45) is 0 Å². The van der Waals surface area contributed by atoms with E-state index in [2.05, 4.69) is 39.6 Å². The lowest BCUT2D eigenvalue weighted by molar-refractivity contribution is -0.120. The van der Waals surface area contributed by atoms with Crippen molar-refractivity contribution in [2.75, 3.05) is 25.6 Å². The average Bonchev–Trinajstić information content (AvgIpc) is 2.37. The number of nitrogens with one attached hydrogen (secondary N) is 2. The molecule has 1 unspecified atom stereocenters. The molecule has 0 bridgehead atoms. The second-order valence-corrected chi connectivity index (χ2v) is 5.35.